The number of fused-ring (bicyclic) bond motifs is 2. The van der Waals surface area contributed by atoms with Crippen LogP contribution in [0.2, 0.25) is 0 Å². The maximum atomic E-state index is 13.2. The number of hydrogen-bond donors (Lipinski definition) is 0. The van der Waals surface area contributed by atoms with Gasteiger partial charge in [0.25, 0.3) is 5.91 Å². The Hall–Kier alpha value is -2.16. The Labute approximate surface area is 150 Å². The summed E-state index contributed by atoms with van der Waals surface area (Å²) in [5.74, 6) is 0.0872. The number of rotatable bonds is 2. The molecule has 3 heteroatoms. The van der Waals surface area contributed by atoms with Gasteiger partial charge in [-0.3, -0.25) is 4.79 Å². The number of aromatic nitrogens is 1. The summed E-state index contributed by atoms with van der Waals surface area (Å²) < 4.78 is 0. The Morgan fingerprint density at radius 3 is 2.56 bits per heavy atom. The average Bonchev–Trinajstić information content (AvgIpc) is 2.84. The molecule has 1 saturated carbocycles. The van der Waals surface area contributed by atoms with Gasteiger partial charge in [-0.2, -0.15) is 0 Å². The zero-order chi connectivity index (χ0) is 17.7. The first-order valence-electron chi connectivity index (χ1n) is 9.19. The molecule has 1 aromatic heterocycles. The van der Waals surface area contributed by atoms with E-state index in [1.807, 2.05) is 48.5 Å². The van der Waals surface area contributed by atoms with E-state index in [2.05, 4.69) is 30.7 Å². The van der Waals surface area contributed by atoms with Crippen LogP contribution in [0.1, 0.15) is 50.5 Å². The van der Waals surface area contributed by atoms with E-state index in [1.165, 1.54) is 6.42 Å². The number of pyridine rings is 1. The van der Waals surface area contributed by atoms with Crippen molar-refractivity contribution in [3.63, 3.8) is 0 Å². The predicted octanol–water partition coefficient (Wildman–Crippen LogP) is 4.79. The van der Waals surface area contributed by atoms with Crippen LogP contribution in [0.25, 0.3) is 11.3 Å². The Bertz CT molecular complexity index is 799. The van der Waals surface area contributed by atoms with Gasteiger partial charge in [0.1, 0.15) is 5.69 Å². The van der Waals surface area contributed by atoms with E-state index < -0.39 is 0 Å². The van der Waals surface area contributed by atoms with Gasteiger partial charge >= 0.3 is 0 Å². The highest BCUT2D eigenvalue weighted by Gasteiger charge is 2.51. The zero-order valence-electron chi connectivity index (χ0n) is 15.3. The fourth-order valence-electron chi connectivity index (χ4n) is 5.17. The molecule has 4 rings (SSSR count). The average molecular weight is 334 g/mol. The number of benzene rings is 1. The topological polar surface area (TPSA) is 33.2 Å². The van der Waals surface area contributed by atoms with Gasteiger partial charge in [0.2, 0.25) is 0 Å². The van der Waals surface area contributed by atoms with Crippen molar-refractivity contribution < 1.29 is 4.79 Å². The molecule has 0 unspecified atom stereocenters. The molecular weight excluding hydrogens is 308 g/mol. The fourth-order valence-corrected chi connectivity index (χ4v) is 5.17. The van der Waals surface area contributed by atoms with Gasteiger partial charge in [-0.15, -0.1) is 0 Å². The largest absolute Gasteiger partial charge is 0.334 e. The van der Waals surface area contributed by atoms with E-state index in [4.69, 9.17) is 0 Å². The van der Waals surface area contributed by atoms with Crippen molar-refractivity contribution in [3.05, 3.63) is 54.2 Å². The Balaban J connectivity index is 1.62. The van der Waals surface area contributed by atoms with Gasteiger partial charge in [0.15, 0.2) is 0 Å². The second kappa shape index (κ2) is 5.69. The number of hydrogen-bond acceptors (Lipinski definition) is 2. The minimum atomic E-state index is 0.0872. The third-order valence-corrected chi connectivity index (χ3v) is 5.71. The lowest BCUT2D eigenvalue weighted by Crippen LogP contribution is -2.38. The summed E-state index contributed by atoms with van der Waals surface area (Å²) in [6.45, 7) is 7.86. The van der Waals surface area contributed by atoms with Crippen LogP contribution in [-0.2, 0) is 0 Å². The Kier molecular flexibility index (Phi) is 3.71. The molecule has 2 aliphatic rings. The molecular formula is C22H26N2O. The smallest absolute Gasteiger partial charge is 0.272 e. The van der Waals surface area contributed by atoms with Crippen molar-refractivity contribution in [2.75, 3.05) is 6.54 Å². The fraction of sp³-hybridized carbons (Fsp3) is 0.455. The second-order valence-corrected chi connectivity index (χ2v) is 8.92. The van der Waals surface area contributed by atoms with E-state index in [-0.39, 0.29) is 11.3 Å². The summed E-state index contributed by atoms with van der Waals surface area (Å²) in [7, 11) is 0. The standard InChI is InChI=1S/C22H26N2O/c1-21(2)12-17-13-22(3,14-21)15-24(17)20(25)19-11-7-10-18(23-19)16-8-5-4-6-9-16/h4-11,17H,12-15H2,1-3H3/t17-,22-/m1/s1. The molecule has 0 radical (unpaired) electrons. The van der Waals surface area contributed by atoms with Crippen molar-refractivity contribution in [1.82, 2.24) is 9.88 Å². The molecule has 1 saturated heterocycles. The van der Waals surface area contributed by atoms with Crippen molar-refractivity contribution in [2.24, 2.45) is 10.8 Å². The molecule has 2 fully saturated rings. The summed E-state index contributed by atoms with van der Waals surface area (Å²) in [4.78, 5) is 19.9. The number of amides is 1. The van der Waals surface area contributed by atoms with Crippen LogP contribution in [-0.4, -0.2) is 28.4 Å². The second-order valence-electron chi connectivity index (χ2n) is 8.92. The first-order chi connectivity index (χ1) is 11.9. The summed E-state index contributed by atoms with van der Waals surface area (Å²) >= 11 is 0. The van der Waals surface area contributed by atoms with E-state index in [0.717, 1.165) is 30.6 Å². The first kappa shape index (κ1) is 16.3. The van der Waals surface area contributed by atoms with Crippen molar-refractivity contribution in [3.8, 4) is 11.3 Å². The molecule has 130 valence electrons. The van der Waals surface area contributed by atoms with Gasteiger partial charge in [0, 0.05) is 18.2 Å². The maximum Gasteiger partial charge on any atom is 0.272 e. The normalized spacial score (nSPS) is 27.3. The van der Waals surface area contributed by atoms with Crippen LogP contribution in [0.15, 0.2) is 48.5 Å². The summed E-state index contributed by atoms with van der Waals surface area (Å²) in [5, 5.41) is 0. The SMILES string of the molecule is CC1(C)C[C@@H]2C[C@@](C)(CN2C(=O)c2cccc(-c3ccccc3)n2)C1. The van der Waals surface area contributed by atoms with Crippen LogP contribution >= 0.6 is 0 Å². The summed E-state index contributed by atoms with van der Waals surface area (Å²) in [6.07, 6.45) is 3.41. The molecule has 1 amide bonds. The minimum Gasteiger partial charge on any atom is -0.334 e. The molecule has 1 aliphatic carbocycles. The van der Waals surface area contributed by atoms with Crippen molar-refractivity contribution in [1.29, 1.82) is 0 Å². The van der Waals surface area contributed by atoms with E-state index >= 15 is 0 Å². The maximum absolute atomic E-state index is 13.2. The molecule has 0 N–H and O–H groups in total. The lowest BCUT2D eigenvalue weighted by molar-refractivity contribution is 0.0702. The van der Waals surface area contributed by atoms with Crippen LogP contribution < -0.4 is 0 Å². The number of carbonyl (C=O) groups excluding carboxylic acids is 1. The van der Waals surface area contributed by atoms with Crippen molar-refractivity contribution in [2.45, 2.75) is 46.1 Å². The predicted molar refractivity (Wildman–Crippen MR) is 100 cm³/mol. The van der Waals surface area contributed by atoms with Crippen LogP contribution in [0.5, 0.6) is 0 Å². The first-order valence-corrected chi connectivity index (χ1v) is 9.19. The highest BCUT2D eigenvalue weighted by Crippen LogP contribution is 2.52. The summed E-state index contributed by atoms with van der Waals surface area (Å²) in [5.41, 5.74) is 3.03. The Morgan fingerprint density at radius 2 is 1.80 bits per heavy atom. The van der Waals surface area contributed by atoms with Gasteiger partial charge < -0.3 is 4.90 Å². The van der Waals surface area contributed by atoms with Gasteiger partial charge in [-0.25, -0.2) is 4.98 Å². The number of carbonyl (C=O) groups is 1. The molecule has 25 heavy (non-hydrogen) atoms. The van der Waals surface area contributed by atoms with Crippen molar-refractivity contribution >= 4 is 5.91 Å². The zero-order valence-corrected chi connectivity index (χ0v) is 15.3. The molecule has 2 bridgehead atoms. The van der Waals surface area contributed by atoms with Gasteiger partial charge in [-0.05, 0) is 42.2 Å². The molecule has 1 aromatic carbocycles. The third kappa shape index (κ3) is 3.08. The van der Waals surface area contributed by atoms with Crippen LogP contribution in [0.4, 0.5) is 0 Å². The number of nitrogens with zero attached hydrogens (tertiary/aromatic N) is 2. The molecule has 2 heterocycles. The molecule has 1 aliphatic heterocycles. The Morgan fingerprint density at radius 1 is 1.04 bits per heavy atom. The highest BCUT2D eigenvalue weighted by molar-refractivity contribution is 5.93. The lowest BCUT2D eigenvalue weighted by atomic mass is 9.65. The highest BCUT2D eigenvalue weighted by atomic mass is 16.2. The molecule has 2 aromatic rings. The molecule has 2 atom stereocenters. The molecule has 3 nitrogen and oxygen atoms in total. The van der Waals surface area contributed by atoms with E-state index in [0.29, 0.717) is 17.2 Å². The van der Waals surface area contributed by atoms with E-state index in [9.17, 15) is 4.79 Å². The summed E-state index contributed by atoms with van der Waals surface area (Å²) in [6, 6.07) is 16.2. The number of likely N-dealkylation sites (tertiary alicyclic amines) is 1. The quantitative estimate of drug-likeness (QED) is 0.791. The van der Waals surface area contributed by atoms with Gasteiger partial charge in [-0.1, -0.05) is 57.2 Å². The lowest BCUT2D eigenvalue weighted by Gasteiger charge is -2.39. The van der Waals surface area contributed by atoms with Gasteiger partial charge in [0.05, 0.1) is 5.69 Å². The third-order valence-electron chi connectivity index (χ3n) is 5.71. The van der Waals surface area contributed by atoms with Crippen LogP contribution in [0.3, 0.4) is 0 Å². The van der Waals surface area contributed by atoms with E-state index in [1.54, 1.807) is 0 Å². The minimum absolute atomic E-state index is 0.0872. The monoisotopic (exact) mass is 334 g/mol. The molecule has 0 spiro atoms. The van der Waals surface area contributed by atoms with Crippen LogP contribution in [0, 0.1) is 10.8 Å².